The van der Waals surface area contributed by atoms with Crippen LogP contribution in [0.25, 0.3) is 11.0 Å². The van der Waals surface area contributed by atoms with E-state index in [4.69, 9.17) is 0 Å². The number of nitrogens with zero attached hydrogens (tertiary/aromatic N) is 2. The van der Waals surface area contributed by atoms with Crippen LogP contribution < -0.4 is 5.32 Å². The molecule has 0 atom stereocenters. The van der Waals surface area contributed by atoms with Crippen molar-refractivity contribution in [2.45, 2.75) is 32.2 Å². The molecule has 138 valence electrons. The Bertz CT molecular complexity index is 987. The zero-order chi connectivity index (χ0) is 18.5. The fourth-order valence-corrected chi connectivity index (χ4v) is 4.36. The Morgan fingerprint density at radius 3 is 2.78 bits per heavy atom. The molecule has 1 aromatic carbocycles. The van der Waals surface area contributed by atoms with Gasteiger partial charge in [0.1, 0.15) is 11.5 Å². The van der Waals surface area contributed by atoms with E-state index >= 15 is 0 Å². The molecule has 5 nitrogen and oxygen atoms in total. The number of para-hydroxylation sites is 2. The van der Waals surface area contributed by atoms with Gasteiger partial charge >= 0.3 is 0 Å². The van der Waals surface area contributed by atoms with Crippen molar-refractivity contribution in [1.82, 2.24) is 20.3 Å². The molecule has 0 saturated heterocycles. The number of aromatic nitrogens is 3. The van der Waals surface area contributed by atoms with Gasteiger partial charge in [-0.15, -0.1) is 22.7 Å². The van der Waals surface area contributed by atoms with E-state index in [1.807, 2.05) is 47.2 Å². The summed E-state index contributed by atoms with van der Waals surface area (Å²) in [7, 11) is 0. The fourth-order valence-electron chi connectivity index (χ4n) is 2.89. The monoisotopic (exact) mass is 396 g/mol. The van der Waals surface area contributed by atoms with E-state index in [1.54, 1.807) is 22.7 Å². The Labute approximate surface area is 165 Å². The number of thiazole rings is 1. The number of carbonyl (C=O) groups is 1. The molecule has 1 amide bonds. The molecule has 27 heavy (non-hydrogen) atoms. The number of aryl methyl sites for hydroxylation is 2. The molecule has 0 unspecified atom stereocenters. The molecule has 0 saturated carbocycles. The lowest BCUT2D eigenvalue weighted by Gasteiger charge is -2.00. The van der Waals surface area contributed by atoms with Gasteiger partial charge in [-0.3, -0.25) is 4.79 Å². The van der Waals surface area contributed by atoms with Crippen LogP contribution in [0.3, 0.4) is 0 Å². The number of benzene rings is 1. The zero-order valence-corrected chi connectivity index (χ0v) is 16.4. The average molecular weight is 397 g/mol. The molecular weight excluding hydrogens is 376 g/mol. The van der Waals surface area contributed by atoms with Gasteiger partial charge in [0.15, 0.2) is 0 Å². The molecule has 0 aliphatic carbocycles. The third kappa shape index (κ3) is 4.61. The summed E-state index contributed by atoms with van der Waals surface area (Å²) < 4.78 is 0. The third-order valence-electron chi connectivity index (χ3n) is 4.28. The molecule has 7 heteroatoms. The van der Waals surface area contributed by atoms with Gasteiger partial charge in [0.25, 0.3) is 5.91 Å². The standard InChI is InChI=1S/C20H20N4OS2/c25-20(21-12-14-6-5-11-26-14)17-13-27-19(24-17)10-4-3-9-18-22-15-7-1-2-8-16(15)23-18/h1-2,5-8,11,13H,3-4,9-10,12H2,(H,21,25)(H,22,23). The Balaban J connectivity index is 1.22. The molecule has 0 fully saturated rings. The number of nitrogens with one attached hydrogen (secondary N) is 2. The van der Waals surface area contributed by atoms with Gasteiger partial charge in [0.2, 0.25) is 0 Å². The molecule has 2 N–H and O–H groups in total. The van der Waals surface area contributed by atoms with E-state index in [1.165, 1.54) is 0 Å². The highest BCUT2D eigenvalue weighted by Gasteiger charge is 2.11. The van der Waals surface area contributed by atoms with Crippen LogP contribution in [-0.2, 0) is 19.4 Å². The van der Waals surface area contributed by atoms with E-state index in [0.717, 1.165) is 52.4 Å². The maximum absolute atomic E-state index is 12.2. The van der Waals surface area contributed by atoms with Crippen molar-refractivity contribution in [2.24, 2.45) is 0 Å². The first-order valence-electron chi connectivity index (χ1n) is 8.96. The van der Waals surface area contributed by atoms with Crippen molar-refractivity contribution in [1.29, 1.82) is 0 Å². The Hall–Kier alpha value is -2.51. The summed E-state index contributed by atoms with van der Waals surface area (Å²) in [6.45, 7) is 0.556. The van der Waals surface area contributed by atoms with Crippen LogP contribution in [-0.4, -0.2) is 20.9 Å². The molecule has 0 aliphatic heterocycles. The highest BCUT2D eigenvalue weighted by atomic mass is 32.1. The van der Waals surface area contributed by atoms with Crippen molar-refractivity contribution in [3.63, 3.8) is 0 Å². The second-order valence-electron chi connectivity index (χ2n) is 6.30. The van der Waals surface area contributed by atoms with Crippen molar-refractivity contribution in [3.05, 3.63) is 68.6 Å². The van der Waals surface area contributed by atoms with Gasteiger partial charge in [0.05, 0.1) is 22.6 Å². The summed E-state index contributed by atoms with van der Waals surface area (Å²) in [4.78, 5) is 25.8. The lowest BCUT2D eigenvalue weighted by atomic mass is 10.2. The molecule has 0 spiro atoms. The minimum Gasteiger partial charge on any atom is -0.346 e. The first kappa shape index (κ1) is 17.9. The number of imidazole rings is 1. The van der Waals surface area contributed by atoms with E-state index in [0.29, 0.717) is 12.2 Å². The van der Waals surface area contributed by atoms with Gasteiger partial charge in [-0.05, 0) is 42.8 Å². The summed E-state index contributed by atoms with van der Waals surface area (Å²) in [6.07, 6.45) is 3.89. The number of thiophene rings is 1. The van der Waals surface area contributed by atoms with E-state index in [9.17, 15) is 4.79 Å². The number of carbonyl (C=O) groups excluding carboxylic acids is 1. The first-order chi connectivity index (χ1) is 13.3. The highest BCUT2D eigenvalue weighted by Crippen LogP contribution is 2.16. The highest BCUT2D eigenvalue weighted by molar-refractivity contribution is 7.10. The van der Waals surface area contributed by atoms with Crippen LogP contribution in [0.15, 0.2) is 47.2 Å². The van der Waals surface area contributed by atoms with Crippen LogP contribution in [0.5, 0.6) is 0 Å². The number of unbranched alkanes of at least 4 members (excludes halogenated alkanes) is 1. The number of fused-ring (bicyclic) bond motifs is 1. The number of H-pyrrole nitrogens is 1. The van der Waals surface area contributed by atoms with Crippen LogP contribution in [0.4, 0.5) is 0 Å². The molecule has 3 heterocycles. The lowest BCUT2D eigenvalue weighted by molar-refractivity contribution is 0.0947. The molecule has 3 aromatic heterocycles. The van der Waals surface area contributed by atoms with E-state index < -0.39 is 0 Å². The third-order valence-corrected chi connectivity index (χ3v) is 6.07. The first-order valence-corrected chi connectivity index (χ1v) is 10.7. The topological polar surface area (TPSA) is 70.7 Å². The van der Waals surface area contributed by atoms with Gasteiger partial charge in [-0.1, -0.05) is 18.2 Å². The number of hydrogen-bond acceptors (Lipinski definition) is 5. The zero-order valence-electron chi connectivity index (χ0n) is 14.8. The van der Waals surface area contributed by atoms with Crippen LogP contribution >= 0.6 is 22.7 Å². The predicted molar refractivity (Wildman–Crippen MR) is 110 cm³/mol. The van der Waals surface area contributed by atoms with E-state index in [2.05, 4.69) is 20.3 Å². The number of aromatic amines is 1. The minimum atomic E-state index is -0.104. The van der Waals surface area contributed by atoms with Crippen molar-refractivity contribution in [3.8, 4) is 0 Å². The van der Waals surface area contributed by atoms with Crippen LogP contribution in [0.1, 0.15) is 39.0 Å². The number of amides is 1. The van der Waals surface area contributed by atoms with Crippen molar-refractivity contribution >= 4 is 39.6 Å². The second kappa shape index (κ2) is 8.45. The average Bonchev–Trinajstić information content (AvgIpc) is 3.43. The SMILES string of the molecule is O=C(NCc1cccs1)c1csc(CCCCc2nc3ccccc3[nH]2)n1. The van der Waals surface area contributed by atoms with Gasteiger partial charge in [-0.2, -0.15) is 0 Å². The Kier molecular flexibility index (Phi) is 5.60. The number of hydrogen-bond donors (Lipinski definition) is 2. The van der Waals surface area contributed by atoms with Gasteiger partial charge < -0.3 is 10.3 Å². The summed E-state index contributed by atoms with van der Waals surface area (Å²) in [5.41, 5.74) is 2.63. The molecule has 0 aliphatic rings. The second-order valence-corrected chi connectivity index (χ2v) is 8.27. The molecular formula is C20H20N4OS2. The summed E-state index contributed by atoms with van der Waals surface area (Å²) in [5.74, 6) is 0.928. The Morgan fingerprint density at radius 2 is 1.93 bits per heavy atom. The summed E-state index contributed by atoms with van der Waals surface area (Å²) in [5, 5.41) is 7.79. The predicted octanol–water partition coefficient (Wildman–Crippen LogP) is 4.58. The Morgan fingerprint density at radius 1 is 1.04 bits per heavy atom. The quantitative estimate of drug-likeness (QED) is 0.428. The summed E-state index contributed by atoms with van der Waals surface area (Å²) in [6, 6.07) is 12.1. The smallest absolute Gasteiger partial charge is 0.271 e. The van der Waals surface area contributed by atoms with Crippen LogP contribution in [0.2, 0.25) is 0 Å². The molecule has 4 rings (SSSR count). The maximum Gasteiger partial charge on any atom is 0.271 e. The minimum absolute atomic E-state index is 0.104. The maximum atomic E-state index is 12.2. The van der Waals surface area contributed by atoms with Crippen LogP contribution in [0, 0.1) is 0 Å². The summed E-state index contributed by atoms with van der Waals surface area (Å²) >= 11 is 3.20. The van der Waals surface area contributed by atoms with Gasteiger partial charge in [0, 0.05) is 16.7 Å². The molecule has 0 bridgehead atoms. The fraction of sp³-hybridized carbons (Fsp3) is 0.250. The van der Waals surface area contributed by atoms with Gasteiger partial charge in [-0.25, -0.2) is 9.97 Å². The normalized spacial score (nSPS) is 11.1. The number of rotatable bonds is 8. The molecule has 0 radical (unpaired) electrons. The molecule has 4 aromatic rings. The van der Waals surface area contributed by atoms with E-state index in [-0.39, 0.29) is 5.91 Å². The largest absolute Gasteiger partial charge is 0.346 e. The van der Waals surface area contributed by atoms with Crippen molar-refractivity contribution in [2.75, 3.05) is 0 Å². The van der Waals surface area contributed by atoms with Crippen molar-refractivity contribution < 1.29 is 4.79 Å². The lowest BCUT2D eigenvalue weighted by Crippen LogP contribution is -2.22.